The van der Waals surface area contributed by atoms with Crippen molar-refractivity contribution in [2.45, 2.75) is 51.9 Å². The molecule has 1 aliphatic carbocycles. The topological polar surface area (TPSA) is 20.2 Å². The van der Waals surface area contributed by atoms with Gasteiger partial charge in [-0.3, -0.25) is 0 Å². The Balaban J connectivity index is 2.21. The lowest BCUT2D eigenvalue weighted by molar-refractivity contribution is 0.199. The SMILES string of the molecule is CC1CCC(C(C)(C)c2ccccc2O)CC1. The first-order chi connectivity index (χ1) is 8.01. The van der Waals surface area contributed by atoms with Crippen LogP contribution in [-0.4, -0.2) is 5.11 Å². The van der Waals surface area contributed by atoms with Crippen LogP contribution in [0.4, 0.5) is 0 Å². The highest BCUT2D eigenvalue weighted by molar-refractivity contribution is 5.38. The van der Waals surface area contributed by atoms with Crippen molar-refractivity contribution in [3.63, 3.8) is 0 Å². The standard InChI is InChI=1S/C16H24O/c1-12-8-10-13(11-9-12)16(2,3)14-6-4-5-7-15(14)17/h4-7,12-13,17H,8-11H2,1-3H3. The molecule has 94 valence electrons. The molecule has 1 nitrogen and oxygen atoms in total. The molecule has 1 fully saturated rings. The average molecular weight is 232 g/mol. The Hall–Kier alpha value is -0.980. The smallest absolute Gasteiger partial charge is 0.119 e. The molecule has 0 unspecified atom stereocenters. The normalized spacial score (nSPS) is 25.8. The van der Waals surface area contributed by atoms with Crippen LogP contribution in [-0.2, 0) is 5.41 Å². The van der Waals surface area contributed by atoms with Gasteiger partial charge in [0.25, 0.3) is 0 Å². The lowest BCUT2D eigenvalue weighted by Gasteiger charge is -2.39. The summed E-state index contributed by atoms with van der Waals surface area (Å²) < 4.78 is 0. The van der Waals surface area contributed by atoms with E-state index in [-0.39, 0.29) is 5.41 Å². The summed E-state index contributed by atoms with van der Waals surface area (Å²) >= 11 is 0. The van der Waals surface area contributed by atoms with E-state index in [1.807, 2.05) is 18.2 Å². The lowest BCUT2D eigenvalue weighted by Crippen LogP contribution is -2.31. The number of hydrogen-bond donors (Lipinski definition) is 1. The monoisotopic (exact) mass is 232 g/mol. The van der Waals surface area contributed by atoms with Gasteiger partial charge in [0.05, 0.1) is 0 Å². The van der Waals surface area contributed by atoms with E-state index in [9.17, 15) is 5.11 Å². The minimum Gasteiger partial charge on any atom is -0.508 e. The van der Waals surface area contributed by atoms with E-state index in [0.717, 1.165) is 11.5 Å². The number of para-hydroxylation sites is 1. The number of benzene rings is 1. The summed E-state index contributed by atoms with van der Waals surface area (Å²) in [6.07, 6.45) is 5.26. The maximum absolute atomic E-state index is 10.0. The second kappa shape index (κ2) is 4.72. The Kier molecular flexibility index (Phi) is 3.46. The summed E-state index contributed by atoms with van der Waals surface area (Å²) in [5.74, 6) is 2.04. The van der Waals surface area contributed by atoms with Gasteiger partial charge in [0.1, 0.15) is 5.75 Å². The molecule has 0 spiro atoms. The van der Waals surface area contributed by atoms with Crippen LogP contribution in [0.3, 0.4) is 0 Å². The fraction of sp³-hybridized carbons (Fsp3) is 0.625. The van der Waals surface area contributed by atoms with Crippen LogP contribution in [0.2, 0.25) is 0 Å². The van der Waals surface area contributed by atoms with E-state index >= 15 is 0 Å². The minimum atomic E-state index is 0.0888. The highest BCUT2D eigenvalue weighted by atomic mass is 16.3. The van der Waals surface area contributed by atoms with Crippen molar-refractivity contribution < 1.29 is 5.11 Å². The molecule has 0 aliphatic heterocycles. The minimum absolute atomic E-state index is 0.0888. The highest BCUT2D eigenvalue weighted by Gasteiger charge is 2.34. The van der Waals surface area contributed by atoms with Crippen LogP contribution in [0.1, 0.15) is 52.0 Å². The van der Waals surface area contributed by atoms with Gasteiger partial charge < -0.3 is 5.11 Å². The summed E-state index contributed by atoms with van der Waals surface area (Å²) in [4.78, 5) is 0. The van der Waals surface area contributed by atoms with Gasteiger partial charge in [0.2, 0.25) is 0 Å². The van der Waals surface area contributed by atoms with Gasteiger partial charge >= 0.3 is 0 Å². The lowest BCUT2D eigenvalue weighted by atomic mass is 9.66. The molecule has 0 aromatic heterocycles. The predicted octanol–water partition coefficient (Wildman–Crippen LogP) is 4.50. The molecule has 1 N–H and O–H groups in total. The van der Waals surface area contributed by atoms with Crippen molar-refractivity contribution in [2.24, 2.45) is 11.8 Å². The summed E-state index contributed by atoms with van der Waals surface area (Å²) in [5.41, 5.74) is 1.20. The molecule has 1 heteroatoms. The van der Waals surface area contributed by atoms with Gasteiger partial charge in [-0.15, -0.1) is 0 Å². The van der Waals surface area contributed by atoms with Crippen molar-refractivity contribution in [3.05, 3.63) is 29.8 Å². The first kappa shape index (κ1) is 12.5. The van der Waals surface area contributed by atoms with Gasteiger partial charge in [-0.25, -0.2) is 0 Å². The molecule has 17 heavy (non-hydrogen) atoms. The van der Waals surface area contributed by atoms with Crippen molar-refractivity contribution in [1.82, 2.24) is 0 Å². The highest BCUT2D eigenvalue weighted by Crippen LogP contribution is 2.44. The molecule has 0 saturated heterocycles. The van der Waals surface area contributed by atoms with Gasteiger partial charge in [-0.05, 0) is 41.7 Å². The molecule has 0 bridgehead atoms. The largest absolute Gasteiger partial charge is 0.508 e. The third-order valence-corrected chi connectivity index (χ3v) is 4.63. The van der Waals surface area contributed by atoms with Crippen LogP contribution < -0.4 is 0 Å². The second-order valence-electron chi connectivity index (χ2n) is 6.20. The first-order valence-corrected chi connectivity index (χ1v) is 6.80. The molecule has 1 aromatic rings. The second-order valence-corrected chi connectivity index (χ2v) is 6.20. The fourth-order valence-corrected chi connectivity index (χ4v) is 3.22. The molecule has 1 saturated carbocycles. The van der Waals surface area contributed by atoms with Gasteiger partial charge in [0.15, 0.2) is 0 Å². The Morgan fingerprint density at radius 2 is 1.65 bits per heavy atom. The summed E-state index contributed by atoms with van der Waals surface area (Å²) in [6, 6.07) is 7.82. The van der Waals surface area contributed by atoms with E-state index in [0.29, 0.717) is 11.7 Å². The predicted molar refractivity (Wildman–Crippen MR) is 72.3 cm³/mol. The zero-order chi connectivity index (χ0) is 12.5. The van der Waals surface area contributed by atoms with Crippen LogP contribution in [0.15, 0.2) is 24.3 Å². The maximum atomic E-state index is 10.0. The van der Waals surface area contributed by atoms with E-state index < -0.39 is 0 Å². The van der Waals surface area contributed by atoms with E-state index in [1.165, 1.54) is 25.7 Å². The number of aromatic hydroxyl groups is 1. The van der Waals surface area contributed by atoms with Crippen LogP contribution in [0, 0.1) is 11.8 Å². The molecular weight excluding hydrogens is 208 g/mol. The average Bonchev–Trinajstić information content (AvgIpc) is 2.30. The Morgan fingerprint density at radius 3 is 2.24 bits per heavy atom. The Labute approximate surface area is 105 Å². The number of hydrogen-bond acceptors (Lipinski definition) is 1. The number of phenolic OH excluding ortho intramolecular Hbond substituents is 1. The molecule has 1 aromatic carbocycles. The van der Waals surface area contributed by atoms with Gasteiger partial charge in [-0.2, -0.15) is 0 Å². The van der Waals surface area contributed by atoms with Gasteiger partial charge in [0, 0.05) is 0 Å². The molecule has 1 aliphatic rings. The van der Waals surface area contributed by atoms with Crippen LogP contribution >= 0.6 is 0 Å². The van der Waals surface area contributed by atoms with Crippen LogP contribution in [0.5, 0.6) is 5.75 Å². The summed E-state index contributed by atoms with van der Waals surface area (Å²) in [5, 5.41) is 10.0. The first-order valence-electron chi connectivity index (χ1n) is 6.80. The zero-order valence-electron chi connectivity index (χ0n) is 11.2. The molecule has 2 rings (SSSR count). The van der Waals surface area contributed by atoms with Crippen molar-refractivity contribution in [2.75, 3.05) is 0 Å². The third-order valence-electron chi connectivity index (χ3n) is 4.63. The molecule has 0 heterocycles. The van der Waals surface area contributed by atoms with E-state index in [1.54, 1.807) is 0 Å². The molecule has 0 atom stereocenters. The number of phenols is 1. The Morgan fingerprint density at radius 1 is 1.06 bits per heavy atom. The molecule has 0 amide bonds. The van der Waals surface area contributed by atoms with Crippen molar-refractivity contribution in [1.29, 1.82) is 0 Å². The van der Waals surface area contributed by atoms with E-state index in [4.69, 9.17) is 0 Å². The number of rotatable bonds is 2. The van der Waals surface area contributed by atoms with Crippen LogP contribution in [0.25, 0.3) is 0 Å². The summed E-state index contributed by atoms with van der Waals surface area (Å²) in [6.45, 7) is 6.91. The zero-order valence-corrected chi connectivity index (χ0v) is 11.2. The fourth-order valence-electron chi connectivity index (χ4n) is 3.22. The molecular formula is C16H24O. The third kappa shape index (κ3) is 2.48. The summed E-state index contributed by atoms with van der Waals surface area (Å²) in [7, 11) is 0. The van der Waals surface area contributed by atoms with Crippen molar-refractivity contribution in [3.8, 4) is 5.75 Å². The van der Waals surface area contributed by atoms with Gasteiger partial charge in [-0.1, -0.05) is 51.8 Å². The van der Waals surface area contributed by atoms with E-state index in [2.05, 4.69) is 26.8 Å². The quantitative estimate of drug-likeness (QED) is 0.796. The maximum Gasteiger partial charge on any atom is 0.119 e. The van der Waals surface area contributed by atoms with Crippen molar-refractivity contribution >= 4 is 0 Å². The molecule has 0 radical (unpaired) electrons. The Bertz CT molecular complexity index is 373.